The number of aromatic hydroxyl groups is 1. The van der Waals surface area contributed by atoms with Gasteiger partial charge >= 0.3 is 0 Å². The second-order valence-electron chi connectivity index (χ2n) is 3.76. The van der Waals surface area contributed by atoms with Crippen LogP contribution in [-0.4, -0.2) is 16.2 Å². The van der Waals surface area contributed by atoms with Gasteiger partial charge in [0.2, 0.25) is 5.88 Å². The number of halogens is 1. The molecule has 1 aliphatic heterocycles. The molecule has 4 heteroatoms. The van der Waals surface area contributed by atoms with E-state index in [1.165, 1.54) is 0 Å². The van der Waals surface area contributed by atoms with Gasteiger partial charge in [-0.15, -0.1) is 0 Å². The SMILES string of the molecule is Oc1c2c(Cl)cccc2c2n1CCNC2. The van der Waals surface area contributed by atoms with Crippen molar-refractivity contribution in [2.24, 2.45) is 0 Å². The largest absolute Gasteiger partial charge is 0.494 e. The van der Waals surface area contributed by atoms with Gasteiger partial charge in [0.1, 0.15) is 0 Å². The highest BCUT2D eigenvalue weighted by Crippen LogP contribution is 2.37. The van der Waals surface area contributed by atoms with Crippen LogP contribution in [0.25, 0.3) is 10.8 Å². The number of nitrogens with zero attached hydrogens (tertiary/aromatic N) is 1. The Hall–Kier alpha value is -1.19. The summed E-state index contributed by atoms with van der Waals surface area (Å²) in [5.41, 5.74) is 1.12. The Morgan fingerprint density at radius 3 is 3.13 bits per heavy atom. The lowest BCUT2D eigenvalue weighted by Gasteiger charge is -2.16. The highest BCUT2D eigenvalue weighted by atomic mass is 35.5. The minimum atomic E-state index is 0.298. The predicted molar refractivity (Wildman–Crippen MR) is 60.3 cm³/mol. The van der Waals surface area contributed by atoms with Gasteiger partial charge in [0.05, 0.1) is 10.4 Å². The quantitative estimate of drug-likeness (QED) is 0.717. The molecule has 3 nitrogen and oxygen atoms in total. The van der Waals surface area contributed by atoms with Crippen LogP contribution in [0.3, 0.4) is 0 Å². The van der Waals surface area contributed by atoms with E-state index in [2.05, 4.69) is 5.32 Å². The summed E-state index contributed by atoms with van der Waals surface area (Å²) >= 11 is 6.09. The van der Waals surface area contributed by atoms with Gasteiger partial charge in [-0.3, -0.25) is 0 Å². The van der Waals surface area contributed by atoms with Crippen LogP contribution in [0.5, 0.6) is 5.88 Å². The molecular weight excluding hydrogens is 212 g/mol. The van der Waals surface area contributed by atoms with Crippen molar-refractivity contribution >= 4 is 22.4 Å². The first kappa shape index (κ1) is 9.07. The molecule has 2 N–H and O–H groups in total. The molecular formula is C11H11ClN2O. The molecule has 15 heavy (non-hydrogen) atoms. The van der Waals surface area contributed by atoms with Crippen LogP contribution in [0.1, 0.15) is 5.69 Å². The van der Waals surface area contributed by atoms with E-state index in [9.17, 15) is 5.11 Å². The van der Waals surface area contributed by atoms with Crippen molar-refractivity contribution in [3.8, 4) is 5.88 Å². The summed E-state index contributed by atoms with van der Waals surface area (Å²) in [6.45, 7) is 2.47. The number of hydrogen-bond donors (Lipinski definition) is 2. The van der Waals surface area contributed by atoms with Crippen LogP contribution in [0, 0.1) is 0 Å². The highest BCUT2D eigenvalue weighted by Gasteiger charge is 2.19. The fourth-order valence-electron chi connectivity index (χ4n) is 2.23. The molecule has 78 valence electrons. The maximum Gasteiger partial charge on any atom is 0.200 e. The molecule has 0 bridgehead atoms. The molecule has 1 aromatic heterocycles. The summed E-state index contributed by atoms with van der Waals surface area (Å²) in [4.78, 5) is 0. The van der Waals surface area contributed by atoms with Crippen molar-refractivity contribution in [2.45, 2.75) is 13.1 Å². The Bertz CT molecular complexity index is 533. The van der Waals surface area contributed by atoms with Crippen molar-refractivity contribution in [3.05, 3.63) is 28.9 Å². The van der Waals surface area contributed by atoms with Gasteiger partial charge in [0.25, 0.3) is 0 Å². The van der Waals surface area contributed by atoms with Gasteiger partial charge in [-0.05, 0) is 6.07 Å². The second kappa shape index (κ2) is 3.15. The van der Waals surface area contributed by atoms with E-state index in [-0.39, 0.29) is 0 Å². The zero-order valence-corrected chi connectivity index (χ0v) is 8.88. The minimum Gasteiger partial charge on any atom is -0.494 e. The van der Waals surface area contributed by atoms with Crippen LogP contribution in [0.2, 0.25) is 5.02 Å². The summed E-state index contributed by atoms with van der Waals surface area (Å²) in [5.74, 6) is 0.298. The Morgan fingerprint density at radius 2 is 2.27 bits per heavy atom. The Labute approximate surface area is 92.3 Å². The Morgan fingerprint density at radius 1 is 1.40 bits per heavy atom. The minimum absolute atomic E-state index is 0.298. The number of aromatic nitrogens is 1. The fourth-order valence-corrected chi connectivity index (χ4v) is 2.49. The summed E-state index contributed by atoms with van der Waals surface area (Å²) in [6, 6.07) is 5.72. The van der Waals surface area contributed by atoms with E-state index in [4.69, 9.17) is 11.6 Å². The Kier molecular flexibility index (Phi) is 1.90. The fraction of sp³-hybridized carbons (Fsp3) is 0.273. The van der Waals surface area contributed by atoms with Crippen molar-refractivity contribution in [2.75, 3.05) is 6.54 Å². The monoisotopic (exact) mass is 222 g/mol. The van der Waals surface area contributed by atoms with Gasteiger partial charge in [-0.1, -0.05) is 23.7 Å². The normalized spacial score (nSPS) is 15.5. The van der Waals surface area contributed by atoms with Crippen LogP contribution >= 0.6 is 11.6 Å². The molecule has 1 aliphatic rings. The van der Waals surface area contributed by atoms with Crippen LogP contribution < -0.4 is 5.32 Å². The average molecular weight is 223 g/mol. The molecule has 0 saturated carbocycles. The smallest absolute Gasteiger partial charge is 0.200 e. The molecule has 2 heterocycles. The first-order valence-electron chi connectivity index (χ1n) is 4.98. The van der Waals surface area contributed by atoms with E-state index in [1.54, 1.807) is 0 Å². The molecule has 3 rings (SSSR count). The summed E-state index contributed by atoms with van der Waals surface area (Å²) in [5, 5.41) is 15.8. The summed E-state index contributed by atoms with van der Waals surface area (Å²) in [7, 11) is 0. The highest BCUT2D eigenvalue weighted by molar-refractivity contribution is 6.36. The number of rotatable bonds is 0. The standard InChI is InChI=1S/C11H11ClN2O/c12-8-3-1-2-7-9-6-13-4-5-14(9)11(15)10(7)8/h1-3,13,15H,4-6H2. The van der Waals surface area contributed by atoms with Gasteiger partial charge in [-0.25, -0.2) is 0 Å². The lowest BCUT2D eigenvalue weighted by Crippen LogP contribution is -2.27. The van der Waals surface area contributed by atoms with E-state index in [1.807, 2.05) is 22.8 Å². The van der Waals surface area contributed by atoms with Crippen molar-refractivity contribution in [1.82, 2.24) is 9.88 Å². The van der Waals surface area contributed by atoms with Gasteiger partial charge in [-0.2, -0.15) is 0 Å². The molecule has 0 amide bonds. The van der Waals surface area contributed by atoms with E-state index in [0.717, 1.165) is 36.1 Å². The van der Waals surface area contributed by atoms with Crippen LogP contribution in [0.4, 0.5) is 0 Å². The maximum atomic E-state index is 10.1. The van der Waals surface area contributed by atoms with Crippen molar-refractivity contribution < 1.29 is 5.11 Å². The maximum absolute atomic E-state index is 10.1. The molecule has 2 aromatic rings. The molecule has 0 saturated heterocycles. The number of nitrogens with one attached hydrogen (secondary N) is 1. The molecule has 0 radical (unpaired) electrons. The lowest BCUT2D eigenvalue weighted by molar-refractivity contribution is 0.396. The molecule has 0 spiro atoms. The third-order valence-electron chi connectivity index (χ3n) is 2.93. The molecule has 0 fully saturated rings. The van der Waals surface area contributed by atoms with Crippen LogP contribution in [-0.2, 0) is 13.1 Å². The third-order valence-corrected chi connectivity index (χ3v) is 3.25. The Balaban J connectivity index is 2.44. The van der Waals surface area contributed by atoms with Gasteiger partial charge < -0.3 is 15.0 Å². The zero-order chi connectivity index (χ0) is 10.4. The predicted octanol–water partition coefficient (Wildman–Crippen LogP) is 2.10. The average Bonchev–Trinajstić information content (AvgIpc) is 2.55. The number of benzene rings is 1. The molecule has 1 aromatic carbocycles. The molecule has 0 atom stereocenters. The number of hydrogen-bond acceptors (Lipinski definition) is 2. The zero-order valence-electron chi connectivity index (χ0n) is 8.13. The summed E-state index contributed by atoms with van der Waals surface area (Å²) in [6.07, 6.45) is 0. The molecule has 0 aliphatic carbocycles. The van der Waals surface area contributed by atoms with E-state index >= 15 is 0 Å². The van der Waals surface area contributed by atoms with Crippen molar-refractivity contribution in [3.63, 3.8) is 0 Å². The second-order valence-corrected chi connectivity index (χ2v) is 4.17. The van der Waals surface area contributed by atoms with E-state index < -0.39 is 0 Å². The van der Waals surface area contributed by atoms with Gasteiger partial charge in [0.15, 0.2) is 0 Å². The van der Waals surface area contributed by atoms with Crippen LogP contribution in [0.15, 0.2) is 18.2 Å². The third kappa shape index (κ3) is 1.17. The van der Waals surface area contributed by atoms with Gasteiger partial charge in [0, 0.05) is 30.7 Å². The number of fused-ring (bicyclic) bond motifs is 3. The summed E-state index contributed by atoms with van der Waals surface area (Å²) < 4.78 is 1.94. The molecule has 0 unspecified atom stereocenters. The first-order chi connectivity index (χ1) is 7.29. The van der Waals surface area contributed by atoms with Crippen molar-refractivity contribution in [1.29, 1.82) is 0 Å². The lowest BCUT2D eigenvalue weighted by atomic mass is 10.1. The first-order valence-corrected chi connectivity index (χ1v) is 5.36. The topological polar surface area (TPSA) is 37.2 Å². The van der Waals surface area contributed by atoms with E-state index in [0.29, 0.717) is 10.9 Å².